The summed E-state index contributed by atoms with van der Waals surface area (Å²) < 4.78 is 27.7. The van der Waals surface area contributed by atoms with Crippen molar-refractivity contribution in [2.24, 2.45) is 5.10 Å². The van der Waals surface area contributed by atoms with E-state index in [-0.39, 0.29) is 4.90 Å². The molecule has 0 bridgehead atoms. The Hall–Kier alpha value is -3.36. The Morgan fingerprint density at radius 1 is 0.939 bits per heavy atom. The largest absolute Gasteiger partial charge is 0.378 e. The highest BCUT2D eigenvalue weighted by molar-refractivity contribution is 7.92. The number of carbonyl (C=O) groups excluding carboxylic acids is 1. The molecule has 1 amide bonds. The highest BCUT2D eigenvalue weighted by atomic mass is 35.5. The number of aryl methyl sites for hydroxylation is 1. The molecule has 3 rings (SSSR count). The first kappa shape index (κ1) is 24.3. The van der Waals surface area contributed by atoms with Crippen LogP contribution >= 0.6 is 11.6 Å². The Morgan fingerprint density at radius 3 is 2.09 bits per heavy atom. The molecule has 0 saturated heterocycles. The summed E-state index contributed by atoms with van der Waals surface area (Å²) in [5.41, 5.74) is 5.58. The number of anilines is 2. The molecule has 0 aliphatic carbocycles. The molecule has 7 nitrogen and oxygen atoms in total. The van der Waals surface area contributed by atoms with E-state index in [9.17, 15) is 13.2 Å². The van der Waals surface area contributed by atoms with Crippen molar-refractivity contribution in [3.05, 3.63) is 88.9 Å². The number of halogens is 1. The van der Waals surface area contributed by atoms with Crippen molar-refractivity contribution in [3.8, 4) is 0 Å². The second kappa shape index (κ2) is 10.5. The minimum atomic E-state index is -4.01. The highest BCUT2D eigenvalue weighted by Crippen LogP contribution is 2.25. The molecule has 0 fully saturated rings. The van der Waals surface area contributed by atoms with E-state index in [1.165, 1.54) is 30.5 Å². The maximum atomic E-state index is 13.3. The van der Waals surface area contributed by atoms with Gasteiger partial charge in [-0.05, 0) is 61.0 Å². The van der Waals surface area contributed by atoms with Crippen molar-refractivity contribution in [2.45, 2.75) is 11.8 Å². The van der Waals surface area contributed by atoms with Gasteiger partial charge in [-0.15, -0.1) is 0 Å². The molecule has 0 saturated carbocycles. The lowest BCUT2D eigenvalue weighted by Crippen LogP contribution is -2.39. The van der Waals surface area contributed by atoms with Gasteiger partial charge >= 0.3 is 0 Å². The van der Waals surface area contributed by atoms with Crippen LogP contribution in [0.15, 0.2) is 82.8 Å². The van der Waals surface area contributed by atoms with E-state index in [1.54, 1.807) is 24.3 Å². The van der Waals surface area contributed by atoms with E-state index < -0.39 is 22.5 Å². The molecular weight excluding hydrogens is 460 g/mol. The third-order valence-electron chi connectivity index (χ3n) is 4.82. The lowest BCUT2D eigenvalue weighted by molar-refractivity contribution is -0.119. The number of amides is 1. The highest BCUT2D eigenvalue weighted by Gasteiger charge is 2.27. The van der Waals surface area contributed by atoms with Gasteiger partial charge in [0, 0.05) is 24.8 Å². The minimum absolute atomic E-state index is 0.0322. The van der Waals surface area contributed by atoms with E-state index in [0.29, 0.717) is 10.7 Å². The monoisotopic (exact) mass is 484 g/mol. The average Bonchev–Trinajstić information content (AvgIpc) is 2.79. The zero-order valence-corrected chi connectivity index (χ0v) is 20.1. The van der Waals surface area contributed by atoms with Crippen molar-refractivity contribution in [2.75, 3.05) is 29.8 Å². The van der Waals surface area contributed by atoms with Crippen LogP contribution < -0.4 is 14.6 Å². The van der Waals surface area contributed by atoms with Crippen LogP contribution in [0.3, 0.4) is 0 Å². The summed E-state index contributed by atoms with van der Waals surface area (Å²) >= 11 is 5.90. The van der Waals surface area contributed by atoms with Gasteiger partial charge in [-0.3, -0.25) is 9.10 Å². The Bertz CT molecular complexity index is 1220. The number of rotatable bonds is 8. The molecule has 0 unspecified atom stereocenters. The zero-order valence-electron chi connectivity index (χ0n) is 18.6. The molecule has 0 radical (unpaired) electrons. The molecule has 0 aliphatic rings. The van der Waals surface area contributed by atoms with Crippen molar-refractivity contribution >= 4 is 45.1 Å². The molecule has 9 heteroatoms. The van der Waals surface area contributed by atoms with Crippen LogP contribution in [0, 0.1) is 6.92 Å². The molecule has 0 atom stereocenters. The number of hydrogen-bond acceptors (Lipinski definition) is 5. The summed E-state index contributed by atoms with van der Waals surface area (Å²) in [7, 11) is -0.120. The summed E-state index contributed by atoms with van der Waals surface area (Å²) in [6, 6.07) is 20.3. The predicted molar refractivity (Wildman–Crippen MR) is 134 cm³/mol. The maximum absolute atomic E-state index is 13.3. The number of benzene rings is 3. The maximum Gasteiger partial charge on any atom is 0.264 e. The van der Waals surface area contributed by atoms with E-state index in [2.05, 4.69) is 10.5 Å². The number of sulfonamides is 1. The number of hydrazone groups is 1. The van der Waals surface area contributed by atoms with Crippen molar-refractivity contribution in [3.63, 3.8) is 0 Å². The van der Waals surface area contributed by atoms with E-state index >= 15 is 0 Å². The molecule has 0 aliphatic heterocycles. The summed E-state index contributed by atoms with van der Waals surface area (Å²) in [5.74, 6) is -0.575. The molecule has 3 aromatic carbocycles. The topological polar surface area (TPSA) is 82.1 Å². The number of hydrogen-bond donors (Lipinski definition) is 1. The molecule has 1 N–H and O–H groups in total. The van der Waals surface area contributed by atoms with Crippen molar-refractivity contribution in [1.82, 2.24) is 5.43 Å². The van der Waals surface area contributed by atoms with Gasteiger partial charge in [-0.1, -0.05) is 41.4 Å². The minimum Gasteiger partial charge on any atom is -0.378 e. The zero-order chi connectivity index (χ0) is 24.0. The lowest BCUT2D eigenvalue weighted by Gasteiger charge is -2.23. The first-order valence-electron chi connectivity index (χ1n) is 10.1. The first-order chi connectivity index (χ1) is 15.7. The number of nitrogens with zero attached hydrogens (tertiary/aromatic N) is 3. The summed E-state index contributed by atoms with van der Waals surface area (Å²) in [6.07, 6.45) is 1.50. The quantitative estimate of drug-likeness (QED) is 0.386. The van der Waals surface area contributed by atoms with Gasteiger partial charge in [-0.2, -0.15) is 5.10 Å². The van der Waals surface area contributed by atoms with Crippen molar-refractivity contribution < 1.29 is 13.2 Å². The third kappa shape index (κ3) is 6.34. The van der Waals surface area contributed by atoms with Crippen LogP contribution in [0.5, 0.6) is 0 Å². The SMILES string of the molecule is Cc1ccc(N(CC(=O)N/N=C\c2ccc(N(C)C)cc2)S(=O)(=O)c2ccc(Cl)cc2)cc1. The van der Waals surface area contributed by atoms with Gasteiger partial charge < -0.3 is 4.90 Å². The summed E-state index contributed by atoms with van der Waals surface area (Å²) in [4.78, 5) is 14.6. The van der Waals surface area contributed by atoms with Gasteiger partial charge in [0.2, 0.25) is 0 Å². The molecule has 0 spiro atoms. The Balaban J connectivity index is 1.79. The average molecular weight is 485 g/mol. The van der Waals surface area contributed by atoms with Crippen LogP contribution in [-0.4, -0.2) is 41.2 Å². The lowest BCUT2D eigenvalue weighted by atomic mass is 10.2. The summed E-state index contributed by atoms with van der Waals surface area (Å²) in [6.45, 7) is 1.46. The Kier molecular flexibility index (Phi) is 7.73. The fraction of sp³-hybridized carbons (Fsp3) is 0.167. The summed E-state index contributed by atoms with van der Waals surface area (Å²) in [5, 5.41) is 4.38. The van der Waals surface area contributed by atoms with Crippen LogP contribution in [0.1, 0.15) is 11.1 Å². The second-order valence-electron chi connectivity index (χ2n) is 7.58. The van der Waals surface area contributed by atoms with Gasteiger partial charge in [0.15, 0.2) is 0 Å². The van der Waals surface area contributed by atoms with E-state index in [1.807, 2.05) is 50.2 Å². The Morgan fingerprint density at radius 2 is 1.52 bits per heavy atom. The number of carbonyl (C=O) groups is 1. The third-order valence-corrected chi connectivity index (χ3v) is 6.86. The molecule has 172 valence electrons. The molecule has 33 heavy (non-hydrogen) atoms. The fourth-order valence-corrected chi connectivity index (χ4v) is 4.51. The van der Waals surface area contributed by atoms with Crippen LogP contribution in [-0.2, 0) is 14.8 Å². The normalized spacial score (nSPS) is 11.4. The standard InChI is InChI=1S/C24H25ClN4O3S/c1-18-4-10-22(11-5-18)29(33(31,32)23-14-8-20(25)9-15-23)17-24(30)27-26-16-19-6-12-21(13-7-19)28(2)3/h4-16H,17H2,1-3H3,(H,27,30)/b26-16-. The molecule has 3 aromatic rings. The van der Waals surface area contributed by atoms with Crippen LogP contribution in [0.4, 0.5) is 11.4 Å². The molecule has 0 heterocycles. The second-order valence-corrected chi connectivity index (χ2v) is 9.88. The van der Waals surface area contributed by atoms with Crippen molar-refractivity contribution in [1.29, 1.82) is 0 Å². The van der Waals surface area contributed by atoms with E-state index in [0.717, 1.165) is 21.1 Å². The van der Waals surface area contributed by atoms with Crippen LogP contribution in [0.2, 0.25) is 5.02 Å². The van der Waals surface area contributed by atoms with Gasteiger partial charge in [0.05, 0.1) is 16.8 Å². The fourth-order valence-electron chi connectivity index (χ4n) is 2.96. The number of nitrogens with one attached hydrogen (secondary N) is 1. The van der Waals surface area contributed by atoms with Crippen LogP contribution in [0.25, 0.3) is 0 Å². The Labute approximate surface area is 199 Å². The predicted octanol–water partition coefficient (Wildman–Crippen LogP) is 4.06. The molecular formula is C24H25ClN4O3S. The smallest absolute Gasteiger partial charge is 0.264 e. The van der Waals surface area contributed by atoms with E-state index in [4.69, 9.17) is 11.6 Å². The van der Waals surface area contributed by atoms with Gasteiger partial charge in [-0.25, -0.2) is 13.8 Å². The van der Waals surface area contributed by atoms with Gasteiger partial charge in [0.1, 0.15) is 6.54 Å². The molecule has 0 aromatic heterocycles. The first-order valence-corrected chi connectivity index (χ1v) is 11.9. The van der Waals surface area contributed by atoms with Gasteiger partial charge in [0.25, 0.3) is 15.9 Å².